The predicted molar refractivity (Wildman–Crippen MR) is 56.8 cm³/mol. The van der Waals surface area contributed by atoms with Crippen molar-refractivity contribution in [3.05, 3.63) is 0 Å². The molecule has 0 amide bonds. The number of hydrogen-bond donors (Lipinski definition) is 1. The fourth-order valence-corrected chi connectivity index (χ4v) is 1.25. The summed E-state index contributed by atoms with van der Waals surface area (Å²) in [7, 11) is 0. The summed E-state index contributed by atoms with van der Waals surface area (Å²) in [4.78, 5) is 0. The van der Waals surface area contributed by atoms with Crippen molar-refractivity contribution in [3.8, 4) is 0 Å². The number of unbranched alkanes of at least 4 members (excludes halogenated alkanes) is 7. The SMILES string of the molecule is CCCCCCCCCCO.[KH]. The molecule has 0 saturated carbocycles. The van der Waals surface area contributed by atoms with Crippen molar-refractivity contribution >= 4 is 51.4 Å². The van der Waals surface area contributed by atoms with Crippen LogP contribution in [0.2, 0.25) is 0 Å². The molecule has 0 fully saturated rings. The first-order valence-electron chi connectivity index (χ1n) is 5.02. The Balaban J connectivity index is 0. The van der Waals surface area contributed by atoms with E-state index in [2.05, 4.69) is 6.92 Å². The molecule has 0 spiro atoms. The maximum atomic E-state index is 8.51. The van der Waals surface area contributed by atoms with Gasteiger partial charge in [0.2, 0.25) is 0 Å². The van der Waals surface area contributed by atoms with Crippen molar-refractivity contribution in [1.29, 1.82) is 0 Å². The van der Waals surface area contributed by atoms with Crippen LogP contribution in [-0.4, -0.2) is 63.1 Å². The first-order valence-corrected chi connectivity index (χ1v) is 5.02. The van der Waals surface area contributed by atoms with Gasteiger partial charge in [-0.3, -0.25) is 0 Å². The van der Waals surface area contributed by atoms with E-state index in [1.807, 2.05) is 0 Å². The van der Waals surface area contributed by atoms with Gasteiger partial charge in [-0.2, -0.15) is 0 Å². The van der Waals surface area contributed by atoms with Crippen LogP contribution in [0.15, 0.2) is 0 Å². The van der Waals surface area contributed by atoms with E-state index in [9.17, 15) is 0 Å². The molecule has 70 valence electrons. The number of rotatable bonds is 8. The molecule has 1 N–H and O–H groups in total. The van der Waals surface area contributed by atoms with Gasteiger partial charge < -0.3 is 5.11 Å². The third-order valence-electron chi connectivity index (χ3n) is 2.01. The third-order valence-corrected chi connectivity index (χ3v) is 2.01. The Bertz CT molecular complexity index is 58.9. The van der Waals surface area contributed by atoms with E-state index in [4.69, 9.17) is 5.11 Å². The Morgan fingerprint density at radius 3 is 1.58 bits per heavy atom. The van der Waals surface area contributed by atoms with Gasteiger partial charge in [0, 0.05) is 6.61 Å². The van der Waals surface area contributed by atoms with E-state index in [1.165, 1.54) is 44.9 Å². The second kappa shape index (κ2) is 15.1. The van der Waals surface area contributed by atoms with Crippen LogP contribution in [0.3, 0.4) is 0 Å². The average molecular weight is 198 g/mol. The van der Waals surface area contributed by atoms with Gasteiger partial charge in [0.15, 0.2) is 0 Å². The van der Waals surface area contributed by atoms with Gasteiger partial charge in [-0.15, -0.1) is 0 Å². The van der Waals surface area contributed by atoms with E-state index < -0.39 is 0 Å². The molecule has 0 unspecified atom stereocenters. The summed E-state index contributed by atoms with van der Waals surface area (Å²) in [5.74, 6) is 0. The first-order chi connectivity index (χ1) is 5.41. The van der Waals surface area contributed by atoms with Crippen LogP contribution >= 0.6 is 0 Å². The second-order valence-corrected chi connectivity index (χ2v) is 3.20. The van der Waals surface area contributed by atoms with Crippen LogP contribution in [-0.2, 0) is 0 Å². The number of aliphatic hydroxyl groups is 1. The molecule has 0 aromatic rings. The van der Waals surface area contributed by atoms with Gasteiger partial charge in [0.1, 0.15) is 0 Å². The summed E-state index contributed by atoms with van der Waals surface area (Å²) in [6, 6.07) is 0. The van der Waals surface area contributed by atoms with Gasteiger partial charge in [-0.1, -0.05) is 51.9 Å². The zero-order valence-electron chi connectivity index (χ0n) is 7.81. The monoisotopic (exact) mass is 198 g/mol. The van der Waals surface area contributed by atoms with Crippen LogP contribution in [0, 0.1) is 0 Å². The molecule has 0 aromatic carbocycles. The molecule has 0 atom stereocenters. The summed E-state index contributed by atoms with van der Waals surface area (Å²) in [6.07, 6.45) is 10.4. The Hall–Kier alpha value is 1.60. The minimum absolute atomic E-state index is 0. The molecule has 0 rings (SSSR count). The topological polar surface area (TPSA) is 20.2 Å². The van der Waals surface area contributed by atoms with Crippen molar-refractivity contribution < 1.29 is 5.11 Å². The number of hydrogen-bond acceptors (Lipinski definition) is 1. The van der Waals surface area contributed by atoms with E-state index in [-0.39, 0.29) is 51.4 Å². The molecule has 0 bridgehead atoms. The average Bonchev–Trinajstić information content (AvgIpc) is 2.03. The van der Waals surface area contributed by atoms with E-state index >= 15 is 0 Å². The van der Waals surface area contributed by atoms with Crippen LogP contribution in [0.5, 0.6) is 0 Å². The molecule has 2 heteroatoms. The fourth-order valence-electron chi connectivity index (χ4n) is 1.25. The molecule has 0 radical (unpaired) electrons. The summed E-state index contributed by atoms with van der Waals surface area (Å²) < 4.78 is 0. The minimum atomic E-state index is 0. The normalized spacial score (nSPS) is 9.50. The molecular weight excluding hydrogens is 175 g/mol. The summed E-state index contributed by atoms with van der Waals surface area (Å²) in [5.41, 5.74) is 0. The number of aliphatic hydroxyl groups excluding tert-OH is 1. The zero-order chi connectivity index (χ0) is 8.36. The quantitative estimate of drug-likeness (QED) is 0.469. The standard InChI is InChI=1S/C10H22O.K.H/c1-2-3-4-5-6-7-8-9-10-11;;/h11H,2-10H2,1H3;;. The Labute approximate surface area is 120 Å². The van der Waals surface area contributed by atoms with Crippen molar-refractivity contribution in [1.82, 2.24) is 0 Å². The second-order valence-electron chi connectivity index (χ2n) is 3.20. The van der Waals surface area contributed by atoms with E-state index in [0.717, 1.165) is 6.42 Å². The van der Waals surface area contributed by atoms with Crippen molar-refractivity contribution in [2.75, 3.05) is 6.61 Å². The van der Waals surface area contributed by atoms with Crippen LogP contribution in [0.25, 0.3) is 0 Å². The van der Waals surface area contributed by atoms with Gasteiger partial charge in [0.05, 0.1) is 0 Å². The molecule has 0 aliphatic rings. The van der Waals surface area contributed by atoms with Crippen molar-refractivity contribution in [2.45, 2.75) is 58.3 Å². The maximum absolute atomic E-state index is 8.51. The molecule has 0 aromatic heterocycles. The Kier molecular flexibility index (Phi) is 20.2. The third kappa shape index (κ3) is 14.1. The predicted octanol–water partition coefficient (Wildman–Crippen LogP) is 2.47. The molecule has 1 nitrogen and oxygen atoms in total. The van der Waals surface area contributed by atoms with Crippen LogP contribution in [0.4, 0.5) is 0 Å². The summed E-state index contributed by atoms with van der Waals surface area (Å²) in [5, 5.41) is 8.51. The van der Waals surface area contributed by atoms with Crippen molar-refractivity contribution in [2.24, 2.45) is 0 Å². The van der Waals surface area contributed by atoms with Crippen LogP contribution in [0.1, 0.15) is 58.3 Å². The summed E-state index contributed by atoms with van der Waals surface area (Å²) >= 11 is 0. The van der Waals surface area contributed by atoms with E-state index in [0.29, 0.717) is 6.61 Å². The Morgan fingerprint density at radius 2 is 1.17 bits per heavy atom. The first kappa shape index (κ1) is 16.0. The molecule has 0 saturated heterocycles. The summed E-state index contributed by atoms with van der Waals surface area (Å²) in [6.45, 7) is 2.61. The molecule has 0 heterocycles. The van der Waals surface area contributed by atoms with Gasteiger partial charge in [-0.05, 0) is 6.42 Å². The van der Waals surface area contributed by atoms with Gasteiger partial charge in [-0.25, -0.2) is 0 Å². The van der Waals surface area contributed by atoms with E-state index in [1.54, 1.807) is 0 Å². The van der Waals surface area contributed by atoms with Gasteiger partial charge in [0.25, 0.3) is 0 Å². The Morgan fingerprint density at radius 1 is 0.750 bits per heavy atom. The van der Waals surface area contributed by atoms with Crippen molar-refractivity contribution in [3.63, 3.8) is 0 Å². The fraction of sp³-hybridized carbons (Fsp3) is 1.00. The van der Waals surface area contributed by atoms with Gasteiger partial charge >= 0.3 is 51.4 Å². The molecule has 0 aliphatic heterocycles. The molecule has 12 heavy (non-hydrogen) atoms. The zero-order valence-corrected chi connectivity index (χ0v) is 7.81. The van der Waals surface area contributed by atoms with Crippen LogP contribution < -0.4 is 0 Å². The molecule has 0 aliphatic carbocycles. The molecular formula is C10H23KO.